The number of phenols is 1. The number of rotatable bonds is 3. The largest absolute Gasteiger partial charge is 0.506 e. The molecule has 0 unspecified atom stereocenters. The van der Waals surface area contributed by atoms with Gasteiger partial charge in [0.1, 0.15) is 5.75 Å². The fourth-order valence-corrected chi connectivity index (χ4v) is 2.46. The van der Waals surface area contributed by atoms with Crippen LogP contribution in [-0.2, 0) is 6.42 Å². The van der Waals surface area contributed by atoms with Gasteiger partial charge >= 0.3 is 0 Å². The van der Waals surface area contributed by atoms with Crippen LogP contribution in [0, 0.1) is 0 Å². The molecule has 18 heavy (non-hydrogen) atoms. The summed E-state index contributed by atoms with van der Waals surface area (Å²) in [6.07, 6.45) is 1.25. The molecular formula is C14H10BrClO2. The van der Waals surface area contributed by atoms with Crippen LogP contribution in [0.4, 0.5) is 0 Å². The minimum atomic E-state index is -0.0343. The molecule has 0 aliphatic rings. The molecule has 0 amide bonds. The molecule has 0 saturated heterocycles. The molecule has 0 fully saturated rings. The predicted octanol–water partition coefficient (Wildman–Crippen LogP) is 4.21. The Kier molecular flexibility index (Phi) is 4.04. The first-order chi connectivity index (χ1) is 8.61. The maximum atomic E-state index is 10.8. The molecule has 4 heteroatoms. The van der Waals surface area contributed by atoms with Crippen molar-refractivity contribution in [1.82, 2.24) is 0 Å². The Bertz CT molecular complexity index is 596. The smallest absolute Gasteiger partial charge is 0.153 e. The molecule has 0 aromatic heterocycles. The third-order valence-corrected chi connectivity index (χ3v) is 3.61. The molecule has 0 bridgehead atoms. The van der Waals surface area contributed by atoms with Crippen LogP contribution in [0.3, 0.4) is 0 Å². The fraction of sp³-hybridized carbons (Fsp3) is 0.0714. The van der Waals surface area contributed by atoms with Crippen molar-refractivity contribution in [2.24, 2.45) is 0 Å². The third-order valence-electron chi connectivity index (χ3n) is 2.63. The molecule has 0 atom stereocenters. The van der Waals surface area contributed by atoms with Crippen molar-refractivity contribution >= 4 is 33.8 Å². The number of hydrogen-bond donors (Lipinski definition) is 1. The Balaban J connectivity index is 2.38. The number of halogens is 2. The standard InChI is InChI=1S/C14H10BrClO2/c15-12-7-9(6-11(8-17)14(12)18)5-10-3-1-2-4-13(10)16/h1-4,6-8,18H,5H2. The van der Waals surface area contributed by atoms with Crippen LogP contribution in [0.25, 0.3) is 0 Å². The van der Waals surface area contributed by atoms with E-state index in [1.165, 1.54) is 0 Å². The number of aldehydes is 1. The number of hydrogen-bond acceptors (Lipinski definition) is 2. The minimum absolute atomic E-state index is 0.0343. The lowest BCUT2D eigenvalue weighted by Crippen LogP contribution is -1.92. The quantitative estimate of drug-likeness (QED) is 0.858. The molecule has 0 radical (unpaired) electrons. The Hall–Kier alpha value is -1.32. The molecule has 0 saturated carbocycles. The van der Waals surface area contributed by atoms with E-state index in [0.29, 0.717) is 22.2 Å². The predicted molar refractivity (Wildman–Crippen MR) is 75.5 cm³/mol. The zero-order valence-corrected chi connectivity index (χ0v) is 11.7. The van der Waals surface area contributed by atoms with Gasteiger partial charge in [-0.05, 0) is 51.7 Å². The zero-order chi connectivity index (χ0) is 13.1. The van der Waals surface area contributed by atoms with Gasteiger partial charge in [-0.1, -0.05) is 29.8 Å². The highest BCUT2D eigenvalue weighted by molar-refractivity contribution is 9.10. The van der Waals surface area contributed by atoms with E-state index in [4.69, 9.17) is 11.6 Å². The van der Waals surface area contributed by atoms with Crippen LogP contribution in [-0.4, -0.2) is 11.4 Å². The van der Waals surface area contributed by atoms with Gasteiger partial charge < -0.3 is 5.11 Å². The molecule has 2 aromatic rings. The average Bonchev–Trinajstić information content (AvgIpc) is 2.36. The van der Waals surface area contributed by atoms with Crippen LogP contribution >= 0.6 is 27.5 Å². The Morgan fingerprint density at radius 2 is 2.00 bits per heavy atom. The van der Waals surface area contributed by atoms with Gasteiger partial charge in [0.05, 0.1) is 10.0 Å². The van der Waals surface area contributed by atoms with Crippen molar-refractivity contribution < 1.29 is 9.90 Å². The number of benzene rings is 2. The molecule has 1 N–H and O–H groups in total. The van der Waals surface area contributed by atoms with Crippen LogP contribution in [0.1, 0.15) is 21.5 Å². The first kappa shape index (κ1) is 13.1. The lowest BCUT2D eigenvalue weighted by atomic mass is 10.0. The third kappa shape index (κ3) is 2.74. The topological polar surface area (TPSA) is 37.3 Å². The van der Waals surface area contributed by atoms with E-state index in [1.807, 2.05) is 24.3 Å². The molecule has 0 aliphatic heterocycles. The minimum Gasteiger partial charge on any atom is -0.506 e. The van der Waals surface area contributed by atoms with Crippen molar-refractivity contribution in [1.29, 1.82) is 0 Å². The molecule has 2 aromatic carbocycles. The van der Waals surface area contributed by atoms with Crippen LogP contribution in [0.15, 0.2) is 40.9 Å². The lowest BCUT2D eigenvalue weighted by Gasteiger charge is -2.07. The van der Waals surface area contributed by atoms with Crippen molar-refractivity contribution in [3.05, 3.63) is 62.6 Å². The van der Waals surface area contributed by atoms with Gasteiger partial charge in [0.25, 0.3) is 0 Å². The van der Waals surface area contributed by atoms with Gasteiger partial charge in [-0.15, -0.1) is 0 Å². The van der Waals surface area contributed by atoms with E-state index in [-0.39, 0.29) is 11.3 Å². The molecule has 2 rings (SSSR count). The molecular weight excluding hydrogens is 316 g/mol. The molecule has 0 heterocycles. The Morgan fingerprint density at radius 1 is 1.28 bits per heavy atom. The zero-order valence-electron chi connectivity index (χ0n) is 9.36. The maximum absolute atomic E-state index is 10.8. The van der Waals surface area contributed by atoms with E-state index in [9.17, 15) is 9.90 Å². The number of carbonyl (C=O) groups is 1. The highest BCUT2D eigenvalue weighted by Gasteiger charge is 2.09. The number of phenolic OH excluding ortho intramolecular Hbond substituents is 1. The van der Waals surface area contributed by atoms with Gasteiger partial charge in [-0.2, -0.15) is 0 Å². The SMILES string of the molecule is O=Cc1cc(Cc2ccccc2Cl)cc(Br)c1O. The summed E-state index contributed by atoms with van der Waals surface area (Å²) in [6, 6.07) is 11.0. The van der Waals surface area contributed by atoms with Crippen LogP contribution in [0.2, 0.25) is 5.02 Å². The van der Waals surface area contributed by atoms with Crippen LogP contribution < -0.4 is 0 Å². The second-order valence-electron chi connectivity index (χ2n) is 3.90. The summed E-state index contributed by atoms with van der Waals surface area (Å²) in [4.78, 5) is 10.8. The second-order valence-corrected chi connectivity index (χ2v) is 5.16. The molecule has 0 spiro atoms. The van der Waals surface area contributed by atoms with E-state index >= 15 is 0 Å². The molecule has 2 nitrogen and oxygen atoms in total. The van der Waals surface area contributed by atoms with Crippen molar-refractivity contribution in [3.63, 3.8) is 0 Å². The van der Waals surface area contributed by atoms with Gasteiger partial charge in [0.2, 0.25) is 0 Å². The summed E-state index contributed by atoms with van der Waals surface area (Å²) in [5.41, 5.74) is 2.16. The fourth-order valence-electron chi connectivity index (χ4n) is 1.73. The Labute approximate surface area is 118 Å². The van der Waals surface area contributed by atoms with E-state index in [2.05, 4.69) is 15.9 Å². The monoisotopic (exact) mass is 324 g/mol. The van der Waals surface area contributed by atoms with Crippen LogP contribution in [0.5, 0.6) is 5.75 Å². The van der Waals surface area contributed by atoms with E-state index in [1.54, 1.807) is 12.1 Å². The highest BCUT2D eigenvalue weighted by Crippen LogP contribution is 2.30. The second kappa shape index (κ2) is 5.55. The summed E-state index contributed by atoms with van der Waals surface area (Å²) in [5.74, 6) is -0.0343. The first-order valence-electron chi connectivity index (χ1n) is 5.32. The molecule has 0 aliphatic carbocycles. The Morgan fingerprint density at radius 3 is 2.67 bits per heavy atom. The summed E-state index contributed by atoms with van der Waals surface area (Å²) < 4.78 is 0.508. The summed E-state index contributed by atoms with van der Waals surface area (Å²) in [7, 11) is 0. The van der Waals surface area contributed by atoms with Gasteiger partial charge in [-0.3, -0.25) is 4.79 Å². The first-order valence-corrected chi connectivity index (χ1v) is 6.49. The highest BCUT2D eigenvalue weighted by atomic mass is 79.9. The molecule has 92 valence electrons. The summed E-state index contributed by atoms with van der Waals surface area (Å²) in [6.45, 7) is 0. The van der Waals surface area contributed by atoms with Gasteiger partial charge in [-0.25, -0.2) is 0 Å². The van der Waals surface area contributed by atoms with Crippen molar-refractivity contribution in [3.8, 4) is 5.75 Å². The normalized spacial score (nSPS) is 10.3. The average molecular weight is 326 g/mol. The van der Waals surface area contributed by atoms with Crippen molar-refractivity contribution in [2.75, 3.05) is 0 Å². The number of aromatic hydroxyl groups is 1. The lowest BCUT2D eigenvalue weighted by molar-refractivity contribution is 0.112. The maximum Gasteiger partial charge on any atom is 0.153 e. The van der Waals surface area contributed by atoms with Gasteiger partial charge in [0.15, 0.2) is 6.29 Å². The van der Waals surface area contributed by atoms with E-state index < -0.39 is 0 Å². The van der Waals surface area contributed by atoms with Crippen molar-refractivity contribution in [2.45, 2.75) is 6.42 Å². The summed E-state index contributed by atoms with van der Waals surface area (Å²) in [5, 5.41) is 10.3. The number of carbonyl (C=O) groups excluding carboxylic acids is 1. The van der Waals surface area contributed by atoms with E-state index in [0.717, 1.165) is 11.1 Å². The van der Waals surface area contributed by atoms with Gasteiger partial charge in [0, 0.05) is 5.02 Å². The summed E-state index contributed by atoms with van der Waals surface area (Å²) >= 11 is 9.32.